The van der Waals surface area contributed by atoms with E-state index < -0.39 is 24.5 Å². The van der Waals surface area contributed by atoms with Gasteiger partial charge in [0, 0.05) is 6.42 Å². The Bertz CT molecular complexity index is 1580. The monoisotopic (exact) mass is 624 g/mol. The summed E-state index contributed by atoms with van der Waals surface area (Å²) >= 11 is 0. The molecule has 0 aliphatic heterocycles. The number of hydrogen-bond donors (Lipinski definition) is 1. The summed E-state index contributed by atoms with van der Waals surface area (Å²) < 4.78 is 26.4. The van der Waals surface area contributed by atoms with Gasteiger partial charge in [0.15, 0.2) is 6.61 Å². The highest BCUT2D eigenvalue weighted by atomic mass is 16.6. The molecule has 0 spiro atoms. The lowest BCUT2D eigenvalue weighted by atomic mass is 9.94. The van der Waals surface area contributed by atoms with Crippen molar-refractivity contribution < 1.29 is 43.2 Å². The van der Waals surface area contributed by atoms with E-state index in [1.807, 2.05) is 36.4 Å². The third-order valence-electron chi connectivity index (χ3n) is 6.97. The van der Waals surface area contributed by atoms with Crippen LogP contribution >= 0.6 is 0 Å². The van der Waals surface area contributed by atoms with Crippen LogP contribution < -0.4 is 9.47 Å². The summed E-state index contributed by atoms with van der Waals surface area (Å²) in [4.78, 5) is 35.6. The minimum absolute atomic E-state index is 0.0264. The number of aliphatic hydroxyl groups is 1. The first kappa shape index (κ1) is 33.5. The molecule has 4 rings (SSSR count). The fourth-order valence-corrected chi connectivity index (χ4v) is 4.43. The molecule has 0 amide bonds. The predicted molar refractivity (Wildman–Crippen MR) is 173 cm³/mol. The average molecular weight is 625 g/mol. The van der Waals surface area contributed by atoms with Crippen LogP contribution in [0.2, 0.25) is 0 Å². The summed E-state index contributed by atoms with van der Waals surface area (Å²) in [6.07, 6.45) is 7.72. The maximum Gasteiger partial charge on any atom is 0.348 e. The normalized spacial score (nSPS) is 12.2. The molecule has 1 aliphatic carbocycles. The van der Waals surface area contributed by atoms with Gasteiger partial charge in [0.25, 0.3) is 0 Å². The molecular formula is C37H36O9. The van der Waals surface area contributed by atoms with Gasteiger partial charge in [-0.2, -0.15) is 0 Å². The second-order valence-corrected chi connectivity index (χ2v) is 10.2. The molecule has 0 fully saturated rings. The van der Waals surface area contributed by atoms with Crippen molar-refractivity contribution in [1.29, 1.82) is 0 Å². The minimum Gasteiger partial charge on any atom is -0.494 e. The summed E-state index contributed by atoms with van der Waals surface area (Å²) in [5.74, 6) is 0.205. The molecule has 0 radical (unpaired) electrons. The molecule has 9 nitrogen and oxygen atoms in total. The van der Waals surface area contributed by atoms with Gasteiger partial charge >= 0.3 is 17.9 Å². The van der Waals surface area contributed by atoms with Gasteiger partial charge in [-0.25, -0.2) is 14.4 Å². The van der Waals surface area contributed by atoms with Crippen LogP contribution in [-0.4, -0.2) is 49.4 Å². The number of hydrogen-bond acceptors (Lipinski definition) is 9. The molecular weight excluding hydrogens is 588 g/mol. The maximum atomic E-state index is 12.7. The Labute approximate surface area is 268 Å². The Morgan fingerprint density at radius 3 is 2.02 bits per heavy atom. The SMILES string of the molecule is C=COC(=O)COC1=CC=C(c2ccc(-c3ccc(C(=O)Oc4ccc(OCCCCOC(=O)C(=C)CO)cc4)cc3)cc2)CC1. The van der Waals surface area contributed by atoms with Gasteiger partial charge in [0.05, 0.1) is 43.0 Å². The molecule has 1 N–H and O–H groups in total. The number of ether oxygens (including phenoxy) is 5. The summed E-state index contributed by atoms with van der Waals surface area (Å²) in [5.41, 5.74) is 4.72. The summed E-state index contributed by atoms with van der Waals surface area (Å²) in [6.45, 7) is 6.84. The number of allylic oxidation sites excluding steroid dienone is 4. The van der Waals surface area contributed by atoms with E-state index >= 15 is 0 Å². The van der Waals surface area contributed by atoms with Crippen LogP contribution in [0, 0.1) is 0 Å². The van der Waals surface area contributed by atoms with E-state index in [4.69, 9.17) is 24.1 Å². The molecule has 0 saturated heterocycles. The molecule has 0 aromatic heterocycles. The Kier molecular flexibility index (Phi) is 12.5. The number of carbonyl (C=O) groups excluding carboxylic acids is 3. The summed E-state index contributed by atoms with van der Waals surface area (Å²) in [6, 6.07) is 22.2. The number of rotatable bonds is 16. The molecule has 46 heavy (non-hydrogen) atoms. The highest BCUT2D eigenvalue weighted by Gasteiger charge is 2.13. The largest absolute Gasteiger partial charge is 0.494 e. The lowest BCUT2D eigenvalue weighted by molar-refractivity contribution is -0.142. The minimum atomic E-state index is -0.600. The standard InChI is InChI=1S/C37H36O9/c1-3-42-35(39)25-45-33-16-14-30(15-17-33)28-8-6-27(7-9-28)29-10-12-31(13-11-29)37(41)46-34-20-18-32(19-21-34)43-22-4-5-23-44-36(40)26(2)24-38/h3,6-14,16,18-21,38H,1-2,4-5,15,17,22-25H2. The van der Waals surface area contributed by atoms with Crippen LogP contribution in [0.25, 0.3) is 16.7 Å². The number of unbranched alkanes of at least 4 members (excludes halogenated alkanes) is 1. The Balaban J connectivity index is 1.22. The smallest absolute Gasteiger partial charge is 0.348 e. The highest BCUT2D eigenvalue weighted by Crippen LogP contribution is 2.29. The first-order valence-corrected chi connectivity index (χ1v) is 14.8. The van der Waals surface area contributed by atoms with Gasteiger partial charge in [-0.3, -0.25) is 0 Å². The van der Waals surface area contributed by atoms with E-state index in [0.717, 1.165) is 35.1 Å². The van der Waals surface area contributed by atoms with Crippen LogP contribution in [0.3, 0.4) is 0 Å². The second kappa shape index (κ2) is 17.2. The van der Waals surface area contributed by atoms with E-state index in [1.165, 1.54) is 5.57 Å². The van der Waals surface area contributed by atoms with Crippen LogP contribution in [0.5, 0.6) is 11.5 Å². The Morgan fingerprint density at radius 2 is 1.39 bits per heavy atom. The van der Waals surface area contributed by atoms with E-state index in [2.05, 4.69) is 30.0 Å². The molecule has 0 heterocycles. The molecule has 3 aromatic rings. The molecule has 238 valence electrons. The van der Waals surface area contributed by atoms with Crippen LogP contribution in [0.1, 0.15) is 41.6 Å². The van der Waals surface area contributed by atoms with E-state index in [0.29, 0.717) is 42.9 Å². The van der Waals surface area contributed by atoms with Crippen molar-refractivity contribution in [3.8, 4) is 22.6 Å². The quantitative estimate of drug-likeness (QED) is 0.0619. The van der Waals surface area contributed by atoms with Crippen molar-refractivity contribution in [3.05, 3.63) is 127 Å². The van der Waals surface area contributed by atoms with Gasteiger partial charge in [-0.1, -0.05) is 55.6 Å². The molecule has 1 aliphatic rings. The Morgan fingerprint density at radius 1 is 0.761 bits per heavy atom. The molecule has 0 bridgehead atoms. The first-order valence-electron chi connectivity index (χ1n) is 14.8. The molecule has 0 unspecified atom stereocenters. The van der Waals surface area contributed by atoms with E-state index in [-0.39, 0.29) is 18.8 Å². The third kappa shape index (κ3) is 10.1. The van der Waals surface area contributed by atoms with E-state index in [9.17, 15) is 14.4 Å². The zero-order valence-corrected chi connectivity index (χ0v) is 25.4. The molecule has 0 saturated carbocycles. The summed E-state index contributed by atoms with van der Waals surface area (Å²) in [5, 5.41) is 8.86. The first-order chi connectivity index (χ1) is 22.4. The fourth-order valence-electron chi connectivity index (χ4n) is 4.43. The number of benzene rings is 3. The van der Waals surface area contributed by atoms with Crippen molar-refractivity contribution >= 4 is 23.5 Å². The number of carbonyl (C=O) groups is 3. The molecule has 9 heteroatoms. The van der Waals surface area contributed by atoms with Gasteiger partial charge in [-0.15, -0.1) is 0 Å². The van der Waals surface area contributed by atoms with Crippen molar-refractivity contribution in [2.45, 2.75) is 25.7 Å². The lowest BCUT2D eigenvalue weighted by Crippen LogP contribution is -2.11. The van der Waals surface area contributed by atoms with Crippen molar-refractivity contribution in [3.63, 3.8) is 0 Å². The van der Waals surface area contributed by atoms with Crippen LogP contribution in [-0.2, 0) is 23.8 Å². The Hall–Kier alpha value is -5.41. The van der Waals surface area contributed by atoms with Gasteiger partial charge in [-0.05, 0) is 84.0 Å². The maximum absolute atomic E-state index is 12.7. The van der Waals surface area contributed by atoms with Crippen LogP contribution in [0.4, 0.5) is 0 Å². The fraction of sp³-hybridized carbons (Fsp3) is 0.216. The average Bonchev–Trinajstić information content (AvgIpc) is 3.09. The topological polar surface area (TPSA) is 118 Å². The third-order valence-corrected chi connectivity index (χ3v) is 6.97. The van der Waals surface area contributed by atoms with Gasteiger partial charge in [0.1, 0.15) is 11.5 Å². The highest BCUT2D eigenvalue weighted by molar-refractivity contribution is 5.91. The lowest BCUT2D eigenvalue weighted by Gasteiger charge is -2.16. The second-order valence-electron chi connectivity index (χ2n) is 10.2. The van der Waals surface area contributed by atoms with Crippen LogP contribution in [0.15, 0.2) is 116 Å². The molecule has 0 atom stereocenters. The van der Waals surface area contributed by atoms with Crippen molar-refractivity contribution in [1.82, 2.24) is 0 Å². The van der Waals surface area contributed by atoms with Crippen molar-refractivity contribution in [2.24, 2.45) is 0 Å². The van der Waals surface area contributed by atoms with Gasteiger partial charge < -0.3 is 28.8 Å². The zero-order chi connectivity index (χ0) is 32.7. The molecule has 3 aromatic carbocycles. The number of aliphatic hydroxyl groups excluding tert-OH is 1. The zero-order valence-electron chi connectivity index (χ0n) is 25.4. The van der Waals surface area contributed by atoms with E-state index in [1.54, 1.807) is 36.4 Å². The summed E-state index contributed by atoms with van der Waals surface area (Å²) in [7, 11) is 0. The van der Waals surface area contributed by atoms with Gasteiger partial charge in [0.2, 0.25) is 0 Å². The predicted octanol–water partition coefficient (Wildman–Crippen LogP) is 6.59. The number of esters is 3. The van der Waals surface area contributed by atoms with Crippen molar-refractivity contribution in [2.75, 3.05) is 26.4 Å².